The molecule has 2 aliphatic rings. The van der Waals surface area contributed by atoms with Gasteiger partial charge in [-0.15, -0.1) is 0 Å². The molecule has 30 heavy (non-hydrogen) atoms. The highest BCUT2D eigenvalue weighted by atomic mass is 35.5. The van der Waals surface area contributed by atoms with Crippen molar-refractivity contribution in [1.82, 2.24) is 4.57 Å². The molecular formula is C22H18Cl2N2O3S. The van der Waals surface area contributed by atoms with Gasteiger partial charge in [-0.1, -0.05) is 53.5 Å². The molecule has 0 unspecified atom stereocenters. The van der Waals surface area contributed by atoms with E-state index in [4.69, 9.17) is 23.2 Å². The van der Waals surface area contributed by atoms with Crippen LogP contribution in [0.5, 0.6) is 0 Å². The molecule has 0 N–H and O–H groups in total. The molecule has 0 radical (unpaired) electrons. The maximum Gasteiger partial charge on any atom is 0.252 e. The second-order valence-electron chi connectivity index (χ2n) is 7.63. The van der Waals surface area contributed by atoms with Gasteiger partial charge in [0.15, 0.2) is 0 Å². The van der Waals surface area contributed by atoms with Crippen molar-refractivity contribution in [2.24, 2.45) is 0 Å². The van der Waals surface area contributed by atoms with Crippen LogP contribution in [0.15, 0.2) is 71.5 Å². The van der Waals surface area contributed by atoms with E-state index in [1.54, 1.807) is 41.0 Å². The van der Waals surface area contributed by atoms with Crippen molar-refractivity contribution >= 4 is 39.0 Å². The predicted octanol–water partition coefficient (Wildman–Crippen LogP) is 4.80. The van der Waals surface area contributed by atoms with Crippen molar-refractivity contribution < 1.29 is 8.42 Å². The fourth-order valence-electron chi connectivity index (χ4n) is 4.15. The topological polar surface area (TPSA) is 59.4 Å². The number of halogens is 2. The molecule has 154 valence electrons. The second-order valence-corrected chi connectivity index (χ2v) is 10.6. The molecular weight excluding hydrogens is 443 g/mol. The lowest BCUT2D eigenvalue weighted by atomic mass is 9.94. The first kappa shape index (κ1) is 19.7. The molecule has 2 heterocycles. The molecule has 5 rings (SSSR count). The Labute approximate surface area is 184 Å². The monoisotopic (exact) mass is 460 g/mol. The average Bonchev–Trinajstić information content (AvgIpc) is 3.52. The van der Waals surface area contributed by atoms with Crippen LogP contribution in [0.1, 0.15) is 36.1 Å². The zero-order valence-corrected chi connectivity index (χ0v) is 18.1. The predicted molar refractivity (Wildman–Crippen MR) is 119 cm³/mol. The van der Waals surface area contributed by atoms with Gasteiger partial charge in [-0.3, -0.25) is 9.36 Å². The summed E-state index contributed by atoms with van der Waals surface area (Å²) in [5.74, 6) is 0.384. The number of anilines is 1. The van der Waals surface area contributed by atoms with Gasteiger partial charge in [-0.05, 0) is 54.3 Å². The van der Waals surface area contributed by atoms with E-state index in [1.165, 1.54) is 10.4 Å². The smallest absolute Gasteiger partial charge is 0.252 e. The Morgan fingerprint density at radius 2 is 1.30 bits per heavy atom. The lowest BCUT2D eigenvalue weighted by molar-refractivity contribution is 0.529. The molecule has 0 amide bonds. The fourth-order valence-corrected chi connectivity index (χ4v) is 6.41. The van der Waals surface area contributed by atoms with Crippen LogP contribution in [0.25, 0.3) is 0 Å². The van der Waals surface area contributed by atoms with E-state index >= 15 is 0 Å². The van der Waals surface area contributed by atoms with E-state index < -0.39 is 27.4 Å². The Bertz CT molecular complexity index is 1270. The summed E-state index contributed by atoms with van der Waals surface area (Å²) >= 11 is 12.2. The van der Waals surface area contributed by atoms with Gasteiger partial charge < -0.3 is 0 Å². The Balaban J connectivity index is 1.79. The molecule has 0 bridgehead atoms. The maximum atomic E-state index is 13.5. The summed E-state index contributed by atoms with van der Waals surface area (Å²) in [6.07, 6.45) is 1.27. The molecule has 1 aliphatic heterocycles. The van der Waals surface area contributed by atoms with Gasteiger partial charge >= 0.3 is 0 Å². The number of fused-ring (bicyclic) bond motifs is 1. The lowest BCUT2D eigenvalue weighted by Crippen LogP contribution is -2.36. The van der Waals surface area contributed by atoms with Gasteiger partial charge in [0.1, 0.15) is 5.82 Å². The number of aromatic nitrogens is 1. The largest absolute Gasteiger partial charge is 0.284 e. The lowest BCUT2D eigenvalue weighted by Gasteiger charge is -2.29. The Morgan fingerprint density at radius 3 is 1.83 bits per heavy atom. The number of benzene rings is 2. The SMILES string of the molecule is O=c1cccc2n1[C@H](c1ccc(Cl)cc1)[C@H](c1ccc(Cl)cc1)N2S(=O)(=O)C1CC1. The van der Waals surface area contributed by atoms with Crippen molar-refractivity contribution in [3.8, 4) is 0 Å². The number of hydrogen-bond acceptors (Lipinski definition) is 3. The van der Waals surface area contributed by atoms with Crippen molar-refractivity contribution in [2.45, 2.75) is 30.2 Å². The third-order valence-corrected chi connectivity index (χ3v) is 8.45. The van der Waals surface area contributed by atoms with Crippen LogP contribution in [-0.4, -0.2) is 18.2 Å². The number of nitrogens with zero attached hydrogens (tertiary/aromatic N) is 2. The van der Waals surface area contributed by atoms with Crippen molar-refractivity contribution in [3.05, 3.63) is 98.3 Å². The maximum absolute atomic E-state index is 13.5. The van der Waals surface area contributed by atoms with Crippen LogP contribution in [0.2, 0.25) is 10.0 Å². The number of sulfonamides is 1. The molecule has 5 nitrogen and oxygen atoms in total. The summed E-state index contributed by atoms with van der Waals surface area (Å²) in [5, 5.41) is 0.717. The summed E-state index contributed by atoms with van der Waals surface area (Å²) in [5.41, 5.74) is 1.33. The van der Waals surface area contributed by atoms with Gasteiger partial charge in [-0.2, -0.15) is 0 Å². The summed E-state index contributed by atoms with van der Waals surface area (Å²) in [6, 6.07) is 17.9. The minimum Gasteiger partial charge on any atom is -0.284 e. The van der Waals surface area contributed by atoms with Crippen LogP contribution in [0.4, 0.5) is 5.82 Å². The van der Waals surface area contributed by atoms with E-state index in [0.717, 1.165) is 11.1 Å². The molecule has 1 aromatic heterocycles. The molecule has 1 saturated carbocycles. The number of pyridine rings is 1. The highest BCUT2D eigenvalue weighted by Gasteiger charge is 2.51. The summed E-state index contributed by atoms with van der Waals surface area (Å²) in [6.45, 7) is 0. The first-order valence-corrected chi connectivity index (χ1v) is 11.9. The van der Waals surface area contributed by atoms with Gasteiger partial charge in [0.2, 0.25) is 10.0 Å². The van der Waals surface area contributed by atoms with Crippen molar-refractivity contribution in [3.63, 3.8) is 0 Å². The molecule has 3 aromatic rings. The van der Waals surface area contributed by atoms with Crippen LogP contribution in [0.3, 0.4) is 0 Å². The average molecular weight is 461 g/mol. The van der Waals surface area contributed by atoms with Crippen molar-refractivity contribution in [2.75, 3.05) is 4.31 Å². The van der Waals surface area contributed by atoms with Crippen LogP contribution in [-0.2, 0) is 10.0 Å². The van der Waals surface area contributed by atoms with Gasteiger partial charge in [-0.25, -0.2) is 12.7 Å². The molecule has 0 spiro atoms. The van der Waals surface area contributed by atoms with E-state index in [0.29, 0.717) is 28.7 Å². The van der Waals surface area contributed by atoms with Crippen molar-refractivity contribution in [1.29, 1.82) is 0 Å². The molecule has 1 fully saturated rings. The fraction of sp³-hybridized carbons (Fsp3) is 0.227. The summed E-state index contributed by atoms with van der Waals surface area (Å²) < 4.78 is 30.0. The third kappa shape index (κ3) is 3.14. The van der Waals surface area contributed by atoms with E-state index in [9.17, 15) is 13.2 Å². The minimum atomic E-state index is -3.64. The van der Waals surface area contributed by atoms with Crippen LogP contribution >= 0.6 is 23.2 Å². The summed E-state index contributed by atoms with van der Waals surface area (Å²) in [7, 11) is -3.64. The standard InChI is InChI=1S/C22H18Cl2N2O3S/c23-16-8-4-14(5-9-16)21-22(15-6-10-17(24)11-7-15)26(30(28,29)18-12-13-18)19-2-1-3-20(27)25(19)21/h1-11,18,21-22H,12-13H2/t21-,22+/m1/s1. The number of rotatable bonds is 4. The molecule has 8 heteroatoms. The van der Waals surface area contributed by atoms with Gasteiger partial charge in [0.05, 0.1) is 17.3 Å². The molecule has 2 aromatic carbocycles. The Kier molecular flexibility index (Phi) is 4.69. The van der Waals surface area contributed by atoms with Crippen LogP contribution < -0.4 is 9.86 Å². The Morgan fingerprint density at radius 1 is 0.767 bits per heavy atom. The molecule has 2 atom stereocenters. The normalized spacial score (nSPS) is 20.9. The minimum absolute atomic E-state index is 0.250. The van der Waals surface area contributed by atoms with E-state index in [-0.39, 0.29) is 5.56 Å². The zero-order valence-electron chi connectivity index (χ0n) is 15.8. The van der Waals surface area contributed by atoms with Crippen LogP contribution in [0, 0.1) is 0 Å². The molecule has 1 aliphatic carbocycles. The van der Waals surface area contributed by atoms with E-state index in [1.807, 2.05) is 24.3 Å². The third-order valence-electron chi connectivity index (χ3n) is 5.67. The summed E-state index contributed by atoms with van der Waals surface area (Å²) in [4.78, 5) is 12.9. The van der Waals surface area contributed by atoms with Gasteiger partial charge in [0.25, 0.3) is 5.56 Å². The first-order chi connectivity index (χ1) is 14.4. The highest BCUT2D eigenvalue weighted by Crippen LogP contribution is 2.50. The Hall–Kier alpha value is -2.28. The highest BCUT2D eigenvalue weighted by molar-refractivity contribution is 7.93. The zero-order chi connectivity index (χ0) is 21.0. The first-order valence-electron chi connectivity index (χ1n) is 9.63. The quantitative estimate of drug-likeness (QED) is 0.561. The van der Waals surface area contributed by atoms with E-state index in [2.05, 4.69) is 0 Å². The second kappa shape index (κ2) is 7.15. The number of hydrogen-bond donors (Lipinski definition) is 0. The molecule has 0 saturated heterocycles. The van der Waals surface area contributed by atoms with Gasteiger partial charge in [0, 0.05) is 16.1 Å².